The molecular formula is C26H27FN6O3S. The second-order valence-corrected chi connectivity index (χ2v) is 9.73. The number of aromatic nitrogens is 2. The fraction of sp³-hybridized carbons (Fsp3) is 0.231. The number of para-hydroxylation sites is 1. The third-order valence-corrected chi connectivity index (χ3v) is 6.77. The SMILES string of the molecule is CC(C)CCNC(=O)C(c1c[nH]c2ccccc12)N(C(=O)c1snc(C(N)=O)c1N)c1ccc(F)cc1. The molecule has 192 valence electrons. The fourth-order valence-electron chi connectivity index (χ4n) is 4.02. The van der Waals surface area contributed by atoms with Crippen molar-refractivity contribution in [3.63, 3.8) is 0 Å². The summed E-state index contributed by atoms with van der Waals surface area (Å²) in [6, 6.07) is 11.4. The summed E-state index contributed by atoms with van der Waals surface area (Å²) in [4.78, 5) is 43.9. The van der Waals surface area contributed by atoms with Crippen LogP contribution >= 0.6 is 11.5 Å². The molecule has 0 fully saturated rings. The van der Waals surface area contributed by atoms with E-state index in [4.69, 9.17) is 11.5 Å². The van der Waals surface area contributed by atoms with Crippen LogP contribution in [0.15, 0.2) is 54.7 Å². The van der Waals surface area contributed by atoms with Crippen molar-refractivity contribution in [2.24, 2.45) is 11.7 Å². The molecule has 9 nitrogen and oxygen atoms in total. The maximum atomic E-state index is 14.0. The van der Waals surface area contributed by atoms with E-state index in [0.717, 1.165) is 17.3 Å². The van der Waals surface area contributed by atoms with Gasteiger partial charge in [0.05, 0.1) is 5.69 Å². The molecule has 4 aromatic rings. The highest BCUT2D eigenvalue weighted by atomic mass is 32.1. The van der Waals surface area contributed by atoms with Crippen molar-refractivity contribution >= 4 is 51.5 Å². The first-order chi connectivity index (χ1) is 17.7. The van der Waals surface area contributed by atoms with Gasteiger partial charge in [-0.25, -0.2) is 4.39 Å². The molecule has 2 heterocycles. The average molecular weight is 523 g/mol. The lowest BCUT2D eigenvalue weighted by molar-refractivity contribution is -0.122. The second-order valence-electron chi connectivity index (χ2n) is 8.96. The Morgan fingerprint density at radius 1 is 1.14 bits per heavy atom. The van der Waals surface area contributed by atoms with Crippen LogP contribution in [0.5, 0.6) is 0 Å². The number of benzene rings is 2. The number of halogens is 1. The van der Waals surface area contributed by atoms with Gasteiger partial charge in [-0.1, -0.05) is 32.0 Å². The van der Waals surface area contributed by atoms with Crippen LogP contribution in [0.2, 0.25) is 0 Å². The van der Waals surface area contributed by atoms with Gasteiger partial charge in [0.25, 0.3) is 11.8 Å². The number of nitrogens with two attached hydrogens (primary N) is 2. The summed E-state index contributed by atoms with van der Waals surface area (Å²) in [6.07, 6.45) is 2.41. The molecule has 11 heteroatoms. The number of fused-ring (bicyclic) bond motifs is 1. The molecule has 2 aromatic carbocycles. The summed E-state index contributed by atoms with van der Waals surface area (Å²) in [6.45, 7) is 4.48. The molecule has 1 atom stereocenters. The highest BCUT2D eigenvalue weighted by Crippen LogP contribution is 2.36. The highest BCUT2D eigenvalue weighted by Gasteiger charge is 2.37. The summed E-state index contributed by atoms with van der Waals surface area (Å²) < 4.78 is 17.8. The zero-order chi connectivity index (χ0) is 26.7. The number of primary amides is 1. The van der Waals surface area contributed by atoms with Crippen LogP contribution in [0.25, 0.3) is 10.9 Å². The first kappa shape index (κ1) is 25.8. The number of nitrogens with zero attached hydrogens (tertiary/aromatic N) is 2. The zero-order valence-electron chi connectivity index (χ0n) is 20.3. The first-order valence-electron chi connectivity index (χ1n) is 11.7. The van der Waals surface area contributed by atoms with E-state index in [1.54, 1.807) is 6.20 Å². The molecule has 0 saturated heterocycles. The predicted molar refractivity (Wildman–Crippen MR) is 142 cm³/mol. The van der Waals surface area contributed by atoms with Gasteiger partial charge in [0.2, 0.25) is 5.91 Å². The third-order valence-electron chi connectivity index (χ3n) is 5.92. The summed E-state index contributed by atoms with van der Waals surface area (Å²) >= 11 is 0.710. The van der Waals surface area contributed by atoms with E-state index < -0.39 is 29.6 Å². The number of rotatable bonds is 9. The number of anilines is 2. The molecule has 37 heavy (non-hydrogen) atoms. The van der Waals surface area contributed by atoms with Crippen molar-refractivity contribution in [3.8, 4) is 0 Å². The lowest BCUT2D eigenvalue weighted by atomic mass is 10.0. The van der Waals surface area contributed by atoms with Gasteiger partial charge in [-0.05, 0) is 54.2 Å². The fourth-order valence-corrected chi connectivity index (χ4v) is 4.76. The smallest absolute Gasteiger partial charge is 0.273 e. The van der Waals surface area contributed by atoms with Crippen molar-refractivity contribution in [2.45, 2.75) is 26.3 Å². The third kappa shape index (κ3) is 5.31. The molecule has 0 aliphatic heterocycles. The largest absolute Gasteiger partial charge is 0.395 e. The molecule has 0 saturated carbocycles. The van der Waals surface area contributed by atoms with E-state index in [1.165, 1.54) is 29.2 Å². The summed E-state index contributed by atoms with van der Waals surface area (Å²) in [5, 5.41) is 3.67. The van der Waals surface area contributed by atoms with Crippen LogP contribution in [-0.4, -0.2) is 33.6 Å². The van der Waals surface area contributed by atoms with Crippen LogP contribution in [-0.2, 0) is 4.79 Å². The Hall–Kier alpha value is -4.25. The molecular weight excluding hydrogens is 495 g/mol. The number of hydrogen-bond acceptors (Lipinski definition) is 6. The maximum absolute atomic E-state index is 14.0. The van der Waals surface area contributed by atoms with Gasteiger partial charge in [0, 0.05) is 34.9 Å². The van der Waals surface area contributed by atoms with E-state index in [0.29, 0.717) is 29.6 Å². The van der Waals surface area contributed by atoms with Crippen LogP contribution in [0.4, 0.5) is 15.8 Å². The van der Waals surface area contributed by atoms with Gasteiger partial charge < -0.3 is 21.8 Å². The van der Waals surface area contributed by atoms with Crippen LogP contribution < -0.4 is 21.7 Å². The Morgan fingerprint density at radius 2 is 1.84 bits per heavy atom. The molecule has 0 radical (unpaired) electrons. The zero-order valence-corrected chi connectivity index (χ0v) is 21.1. The van der Waals surface area contributed by atoms with Crippen molar-refractivity contribution in [2.75, 3.05) is 17.2 Å². The number of nitrogens with one attached hydrogen (secondary N) is 2. The molecule has 3 amide bonds. The lowest BCUT2D eigenvalue weighted by Gasteiger charge is -2.31. The standard InChI is InChI=1S/C26H27FN6O3S/c1-14(2)11-12-30-25(35)22(18-13-31-19-6-4-3-5-17(18)19)33(16-9-7-15(27)8-10-16)26(36)23-20(28)21(24(29)34)32-37-23/h3-10,13-14,22,31H,11-12,28H2,1-2H3,(H2,29,34)(H,30,35). The molecule has 0 bridgehead atoms. The molecule has 0 spiro atoms. The van der Waals surface area contributed by atoms with Gasteiger partial charge in [-0.15, -0.1) is 0 Å². The van der Waals surface area contributed by atoms with E-state index >= 15 is 0 Å². The Labute approximate surface area is 216 Å². The molecule has 6 N–H and O–H groups in total. The van der Waals surface area contributed by atoms with Gasteiger partial charge in [0.1, 0.15) is 16.7 Å². The number of amides is 3. The van der Waals surface area contributed by atoms with Gasteiger partial charge >= 0.3 is 0 Å². The van der Waals surface area contributed by atoms with Gasteiger partial charge in [0.15, 0.2) is 5.69 Å². The minimum atomic E-state index is -1.15. The maximum Gasteiger partial charge on any atom is 0.273 e. The molecule has 1 unspecified atom stereocenters. The predicted octanol–water partition coefficient (Wildman–Crippen LogP) is 4.00. The summed E-state index contributed by atoms with van der Waals surface area (Å²) in [5.74, 6) is -2.13. The normalized spacial score (nSPS) is 12.0. The number of H-pyrrole nitrogens is 1. The van der Waals surface area contributed by atoms with Gasteiger partial charge in [-0.3, -0.25) is 19.3 Å². The van der Waals surface area contributed by atoms with Crippen LogP contribution in [0, 0.1) is 11.7 Å². The van der Waals surface area contributed by atoms with Crippen LogP contribution in [0.1, 0.15) is 52.0 Å². The van der Waals surface area contributed by atoms with Crippen molar-refractivity contribution in [3.05, 3.63) is 76.7 Å². The molecule has 4 rings (SSSR count). The van der Waals surface area contributed by atoms with E-state index in [2.05, 4.69) is 14.7 Å². The monoisotopic (exact) mass is 522 g/mol. The number of carbonyl (C=O) groups is 3. The summed E-state index contributed by atoms with van der Waals surface area (Å²) in [7, 11) is 0. The van der Waals surface area contributed by atoms with E-state index in [1.807, 2.05) is 38.1 Å². The number of hydrogen-bond donors (Lipinski definition) is 4. The molecule has 2 aromatic heterocycles. The average Bonchev–Trinajstić information content (AvgIpc) is 3.46. The lowest BCUT2D eigenvalue weighted by Crippen LogP contribution is -2.44. The Balaban J connectivity index is 1.89. The van der Waals surface area contributed by atoms with Crippen LogP contribution in [0.3, 0.4) is 0 Å². The summed E-state index contributed by atoms with van der Waals surface area (Å²) in [5.41, 5.74) is 12.6. The Bertz CT molecular complexity index is 1450. The molecule has 0 aliphatic carbocycles. The Kier molecular flexibility index (Phi) is 7.53. The number of aromatic amines is 1. The first-order valence-corrected chi connectivity index (χ1v) is 12.4. The van der Waals surface area contributed by atoms with Crippen molar-refractivity contribution in [1.29, 1.82) is 0 Å². The minimum Gasteiger partial charge on any atom is -0.395 e. The topological polar surface area (TPSA) is 147 Å². The number of carbonyl (C=O) groups excluding carboxylic acids is 3. The Morgan fingerprint density at radius 3 is 2.49 bits per heavy atom. The second kappa shape index (κ2) is 10.8. The van der Waals surface area contributed by atoms with Crippen molar-refractivity contribution < 1.29 is 18.8 Å². The molecule has 0 aliphatic rings. The van der Waals surface area contributed by atoms with E-state index in [-0.39, 0.29) is 21.9 Å². The number of nitrogen functional groups attached to an aromatic ring is 1. The van der Waals surface area contributed by atoms with E-state index in [9.17, 15) is 18.8 Å². The minimum absolute atomic E-state index is 0.0575. The van der Waals surface area contributed by atoms with Crippen molar-refractivity contribution in [1.82, 2.24) is 14.7 Å². The highest BCUT2D eigenvalue weighted by molar-refractivity contribution is 7.09. The van der Waals surface area contributed by atoms with Gasteiger partial charge in [-0.2, -0.15) is 4.37 Å². The quantitative estimate of drug-likeness (QED) is 0.262.